The highest BCUT2D eigenvalue weighted by molar-refractivity contribution is 5.76. The van der Waals surface area contributed by atoms with E-state index in [-0.39, 0.29) is 5.91 Å². The van der Waals surface area contributed by atoms with E-state index in [1.807, 2.05) is 11.9 Å². The van der Waals surface area contributed by atoms with Crippen LogP contribution in [0.3, 0.4) is 0 Å². The Hall–Kier alpha value is -0.610. The lowest BCUT2D eigenvalue weighted by Gasteiger charge is -2.31. The number of piperidine rings is 1. The van der Waals surface area contributed by atoms with Gasteiger partial charge in [0, 0.05) is 25.6 Å². The van der Waals surface area contributed by atoms with Gasteiger partial charge >= 0.3 is 0 Å². The summed E-state index contributed by atoms with van der Waals surface area (Å²) in [6, 6.07) is 0.591. The van der Waals surface area contributed by atoms with E-state index in [9.17, 15) is 4.79 Å². The quantitative estimate of drug-likeness (QED) is 0.666. The molecule has 4 nitrogen and oxygen atoms in total. The van der Waals surface area contributed by atoms with Crippen LogP contribution >= 0.6 is 0 Å². The Morgan fingerprint density at radius 3 is 2.64 bits per heavy atom. The predicted octanol–water partition coefficient (Wildman–Crippen LogP) is -0.0643. The second kappa shape index (κ2) is 5.98. The molecule has 14 heavy (non-hydrogen) atoms. The summed E-state index contributed by atoms with van der Waals surface area (Å²) in [5, 5.41) is 3.25. The maximum absolute atomic E-state index is 11.6. The van der Waals surface area contributed by atoms with Crippen LogP contribution in [0.2, 0.25) is 0 Å². The van der Waals surface area contributed by atoms with Gasteiger partial charge in [0.15, 0.2) is 0 Å². The first-order valence-electron chi connectivity index (χ1n) is 5.43. The highest BCUT2D eigenvalue weighted by atomic mass is 16.2. The molecule has 1 rings (SSSR count). The van der Waals surface area contributed by atoms with Crippen molar-refractivity contribution in [3.05, 3.63) is 0 Å². The van der Waals surface area contributed by atoms with Gasteiger partial charge in [0.2, 0.25) is 5.91 Å². The highest BCUT2D eigenvalue weighted by Crippen LogP contribution is 2.11. The smallest absolute Gasteiger partial charge is 0.222 e. The molecule has 0 atom stereocenters. The summed E-state index contributed by atoms with van der Waals surface area (Å²) < 4.78 is 0. The maximum Gasteiger partial charge on any atom is 0.222 e. The van der Waals surface area contributed by atoms with Crippen molar-refractivity contribution in [1.82, 2.24) is 10.2 Å². The number of nitrogens with one attached hydrogen (secondary N) is 1. The number of carbonyl (C=O) groups is 1. The first kappa shape index (κ1) is 11.5. The highest BCUT2D eigenvalue weighted by Gasteiger charge is 2.20. The average Bonchev–Trinajstić information content (AvgIpc) is 2.26. The molecule has 1 heterocycles. The molecule has 0 bridgehead atoms. The molecule has 1 saturated heterocycles. The van der Waals surface area contributed by atoms with E-state index in [1.165, 1.54) is 0 Å². The van der Waals surface area contributed by atoms with Gasteiger partial charge in [-0.2, -0.15) is 0 Å². The summed E-state index contributed by atoms with van der Waals surface area (Å²) >= 11 is 0. The van der Waals surface area contributed by atoms with Crippen LogP contribution in [-0.4, -0.2) is 43.5 Å². The van der Waals surface area contributed by atoms with Crippen molar-refractivity contribution >= 4 is 5.91 Å². The van der Waals surface area contributed by atoms with Crippen molar-refractivity contribution < 1.29 is 4.79 Å². The minimum Gasteiger partial charge on any atom is -0.343 e. The van der Waals surface area contributed by atoms with E-state index in [2.05, 4.69) is 5.32 Å². The minimum absolute atomic E-state index is 0.269. The number of nitrogens with two attached hydrogens (primary N) is 1. The van der Waals surface area contributed by atoms with Crippen molar-refractivity contribution in [3.63, 3.8) is 0 Å². The SMILES string of the molecule is CNC1CCN(C(=O)CCCN)CC1. The molecule has 0 aromatic heterocycles. The van der Waals surface area contributed by atoms with Crippen LogP contribution in [0.5, 0.6) is 0 Å². The van der Waals surface area contributed by atoms with Crippen molar-refractivity contribution in [3.8, 4) is 0 Å². The van der Waals surface area contributed by atoms with Crippen molar-refractivity contribution in [2.24, 2.45) is 5.73 Å². The van der Waals surface area contributed by atoms with Gasteiger partial charge in [-0.1, -0.05) is 0 Å². The van der Waals surface area contributed by atoms with Gasteiger partial charge in [0.1, 0.15) is 0 Å². The van der Waals surface area contributed by atoms with E-state index in [0.29, 0.717) is 19.0 Å². The third-order valence-corrected chi connectivity index (χ3v) is 2.85. The normalized spacial score (nSPS) is 18.6. The van der Waals surface area contributed by atoms with Crippen LogP contribution in [0.25, 0.3) is 0 Å². The minimum atomic E-state index is 0.269. The number of hydrogen-bond acceptors (Lipinski definition) is 3. The Bertz CT molecular complexity index is 176. The Balaban J connectivity index is 2.23. The topological polar surface area (TPSA) is 58.4 Å². The summed E-state index contributed by atoms with van der Waals surface area (Å²) in [6.45, 7) is 2.41. The molecule has 0 radical (unpaired) electrons. The van der Waals surface area contributed by atoms with E-state index < -0.39 is 0 Å². The average molecular weight is 199 g/mol. The molecule has 1 amide bonds. The molecule has 0 aliphatic carbocycles. The summed E-state index contributed by atoms with van der Waals surface area (Å²) in [5.41, 5.74) is 5.37. The molecule has 1 fully saturated rings. The van der Waals surface area contributed by atoms with Crippen LogP contribution in [-0.2, 0) is 4.79 Å². The van der Waals surface area contributed by atoms with Gasteiger partial charge < -0.3 is 16.0 Å². The van der Waals surface area contributed by atoms with E-state index >= 15 is 0 Å². The fraction of sp³-hybridized carbons (Fsp3) is 0.900. The Kier molecular flexibility index (Phi) is 4.90. The molecular weight excluding hydrogens is 178 g/mol. The molecule has 0 saturated carbocycles. The van der Waals surface area contributed by atoms with E-state index in [1.54, 1.807) is 0 Å². The molecular formula is C10H21N3O. The first-order valence-corrected chi connectivity index (χ1v) is 5.43. The number of nitrogens with zero attached hydrogens (tertiary/aromatic N) is 1. The Morgan fingerprint density at radius 1 is 1.50 bits per heavy atom. The molecule has 0 aromatic carbocycles. The van der Waals surface area contributed by atoms with Crippen molar-refractivity contribution in [1.29, 1.82) is 0 Å². The summed E-state index contributed by atoms with van der Waals surface area (Å²) in [6.07, 6.45) is 3.57. The zero-order valence-electron chi connectivity index (χ0n) is 8.96. The monoisotopic (exact) mass is 199 g/mol. The largest absolute Gasteiger partial charge is 0.343 e. The summed E-state index contributed by atoms with van der Waals surface area (Å²) in [5.74, 6) is 0.269. The zero-order valence-corrected chi connectivity index (χ0v) is 8.96. The predicted molar refractivity (Wildman–Crippen MR) is 57.0 cm³/mol. The Morgan fingerprint density at radius 2 is 2.14 bits per heavy atom. The molecule has 82 valence electrons. The van der Waals surface area contributed by atoms with E-state index in [4.69, 9.17) is 5.73 Å². The molecule has 1 aliphatic heterocycles. The third kappa shape index (κ3) is 3.27. The van der Waals surface area contributed by atoms with Gasteiger partial charge in [0.05, 0.1) is 0 Å². The van der Waals surface area contributed by atoms with Crippen molar-refractivity contribution in [2.45, 2.75) is 31.7 Å². The summed E-state index contributed by atoms with van der Waals surface area (Å²) in [4.78, 5) is 13.6. The first-order chi connectivity index (χ1) is 6.77. The third-order valence-electron chi connectivity index (χ3n) is 2.85. The van der Waals surface area contributed by atoms with Gasteiger partial charge in [-0.3, -0.25) is 4.79 Å². The number of carbonyl (C=O) groups excluding carboxylic acids is 1. The molecule has 3 N–H and O–H groups in total. The van der Waals surface area contributed by atoms with Crippen molar-refractivity contribution in [2.75, 3.05) is 26.7 Å². The lowest BCUT2D eigenvalue weighted by Crippen LogP contribution is -2.43. The maximum atomic E-state index is 11.6. The molecule has 0 aromatic rings. The van der Waals surface area contributed by atoms with Crippen LogP contribution in [0.4, 0.5) is 0 Å². The zero-order chi connectivity index (χ0) is 10.4. The second-order valence-corrected chi connectivity index (χ2v) is 3.84. The fourth-order valence-corrected chi connectivity index (χ4v) is 1.83. The number of hydrogen-bond donors (Lipinski definition) is 2. The summed E-state index contributed by atoms with van der Waals surface area (Å²) in [7, 11) is 1.98. The molecule has 0 spiro atoms. The second-order valence-electron chi connectivity index (χ2n) is 3.84. The lowest BCUT2D eigenvalue weighted by atomic mass is 10.0. The van der Waals surface area contributed by atoms with Gasteiger partial charge in [-0.05, 0) is 32.9 Å². The standard InChI is InChI=1S/C10H21N3O/c1-12-9-4-7-13(8-5-9)10(14)3-2-6-11/h9,12H,2-8,11H2,1H3. The molecule has 4 heteroatoms. The van der Waals surface area contributed by atoms with E-state index in [0.717, 1.165) is 32.4 Å². The van der Waals surface area contributed by atoms with Gasteiger partial charge in [-0.25, -0.2) is 0 Å². The van der Waals surface area contributed by atoms with Crippen LogP contribution in [0.15, 0.2) is 0 Å². The van der Waals surface area contributed by atoms with Crippen LogP contribution < -0.4 is 11.1 Å². The van der Waals surface area contributed by atoms with Crippen LogP contribution in [0, 0.1) is 0 Å². The lowest BCUT2D eigenvalue weighted by molar-refractivity contribution is -0.132. The fourth-order valence-electron chi connectivity index (χ4n) is 1.83. The Labute approximate surface area is 85.8 Å². The molecule has 1 aliphatic rings. The van der Waals surface area contributed by atoms with Gasteiger partial charge in [-0.15, -0.1) is 0 Å². The number of rotatable bonds is 4. The molecule has 0 unspecified atom stereocenters. The number of amides is 1. The number of likely N-dealkylation sites (tertiary alicyclic amines) is 1. The van der Waals surface area contributed by atoms with Crippen LogP contribution in [0.1, 0.15) is 25.7 Å². The van der Waals surface area contributed by atoms with Gasteiger partial charge in [0.25, 0.3) is 0 Å².